The summed E-state index contributed by atoms with van der Waals surface area (Å²) in [5, 5.41) is 9.35. The van der Waals surface area contributed by atoms with Crippen LogP contribution in [0.3, 0.4) is 0 Å². The number of fused-ring (bicyclic) bond motifs is 2. The topological polar surface area (TPSA) is 284 Å². The summed E-state index contributed by atoms with van der Waals surface area (Å²) in [5.41, 5.74) is 2.16. The second-order valence-electron chi connectivity index (χ2n) is 15.5. The molecule has 2 heterocycles. The zero-order chi connectivity index (χ0) is 48.9. The Balaban J connectivity index is 1.41. The van der Waals surface area contributed by atoms with Gasteiger partial charge in [-0.15, -0.1) is 0 Å². The van der Waals surface area contributed by atoms with Crippen LogP contribution in [0.4, 0.5) is 5.69 Å². The van der Waals surface area contributed by atoms with E-state index in [4.69, 9.17) is 37.9 Å². The second-order valence-corrected chi connectivity index (χ2v) is 19.9. The van der Waals surface area contributed by atoms with Crippen LogP contribution in [0.2, 0.25) is 0 Å². The Morgan fingerprint density at radius 2 is 1.33 bits per heavy atom. The molecule has 0 fully saturated rings. The molecule has 1 unspecified atom stereocenters. The number of carbonyl (C=O) groups is 1. The zero-order valence-corrected chi connectivity index (χ0v) is 40.2. The Labute approximate surface area is 392 Å². The van der Waals surface area contributed by atoms with Gasteiger partial charge in [-0.25, -0.2) is 29.8 Å². The molecule has 1 atom stereocenters. The normalized spacial score (nSPS) is 16.7. The van der Waals surface area contributed by atoms with E-state index in [2.05, 4.69) is 0 Å². The Hall–Kier alpha value is -4.11. The molecule has 20 nitrogen and oxygen atoms in total. The van der Waals surface area contributed by atoms with Crippen molar-refractivity contribution in [3.8, 4) is 11.3 Å². The summed E-state index contributed by atoms with van der Waals surface area (Å²) in [4.78, 5) is 11.9. The number of anilines is 1. The fourth-order valence-corrected chi connectivity index (χ4v) is 8.89. The van der Waals surface area contributed by atoms with Crippen LogP contribution in [0.1, 0.15) is 50.7 Å². The fraction of sp³-hybridized carbons (Fsp3) is 0.545. The SMILES string of the molecule is CC[N+](CCCS(=O)(=O)[O-])=c1ccc2c(/C=C/C=C3/N(CCOCCOCCOCCOCCOCCOCCC(=O)O)c4ccc(S(=O)(=O)[O-])cc4C3(C)CCCS(=O)(=O)[O-])ccoc-2c1. The number of hydrogen-bond donors (Lipinski definition) is 1. The number of nitrogens with zero attached hydrogens (tertiary/aromatic N) is 2. The number of carboxylic acids is 1. The predicted octanol–water partition coefficient (Wildman–Crippen LogP) is 2.59. The van der Waals surface area contributed by atoms with E-state index in [0.717, 1.165) is 16.5 Å². The maximum atomic E-state index is 12.2. The molecule has 2 aliphatic heterocycles. The lowest BCUT2D eigenvalue weighted by atomic mass is 9.77. The Morgan fingerprint density at radius 3 is 1.88 bits per heavy atom. The molecule has 0 spiro atoms. The Morgan fingerprint density at radius 1 is 0.761 bits per heavy atom. The molecule has 67 heavy (non-hydrogen) atoms. The lowest BCUT2D eigenvalue weighted by molar-refractivity contribution is -0.138. The van der Waals surface area contributed by atoms with Crippen LogP contribution in [-0.4, -0.2) is 160 Å². The van der Waals surface area contributed by atoms with Gasteiger partial charge < -0.3 is 56.5 Å². The molecule has 0 radical (unpaired) electrons. The minimum atomic E-state index is -4.87. The van der Waals surface area contributed by atoms with E-state index in [9.17, 15) is 43.7 Å². The van der Waals surface area contributed by atoms with Gasteiger partial charge in [0.05, 0.1) is 123 Å². The molecule has 3 aliphatic rings. The average molecular weight is 1000 g/mol. The molecule has 0 bridgehead atoms. The summed E-state index contributed by atoms with van der Waals surface area (Å²) in [5.74, 6) is -1.49. The van der Waals surface area contributed by atoms with Crippen LogP contribution < -0.4 is 14.8 Å². The van der Waals surface area contributed by atoms with Gasteiger partial charge in [-0.2, -0.15) is 0 Å². The molecule has 0 saturated carbocycles. The lowest BCUT2D eigenvalue weighted by Gasteiger charge is -2.30. The summed E-state index contributed by atoms with van der Waals surface area (Å²) in [7, 11) is -13.8. The highest BCUT2D eigenvalue weighted by atomic mass is 32.2. The highest BCUT2D eigenvalue weighted by Gasteiger charge is 2.43. The van der Waals surface area contributed by atoms with Crippen molar-refractivity contribution in [2.75, 3.05) is 115 Å². The summed E-state index contributed by atoms with van der Waals surface area (Å²) in [6, 6.07) is 11.4. The van der Waals surface area contributed by atoms with E-state index in [1.165, 1.54) is 24.5 Å². The average Bonchev–Trinajstić information content (AvgIpc) is 3.48. The molecule has 0 amide bonds. The highest BCUT2D eigenvalue weighted by molar-refractivity contribution is 7.86. The first kappa shape index (κ1) is 55.5. The number of allylic oxidation sites excluding steroid dienone is 3. The Bertz CT molecular complexity index is 2490. The molecule has 4 rings (SSSR count). The fourth-order valence-electron chi connectivity index (χ4n) is 7.41. The third kappa shape index (κ3) is 19.1. The first-order chi connectivity index (χ1) is 31.8. The van der Waals surface area contributed by atoms with Gasteiger partial charge in [0.1, 0.15) is 29.0 Å². The molecule has 0 saturated heterocycles. The number of ether oxygens (including phenoxy) is 6. The largest absolute Gasteiger partial charge is 0.748 e. The van der Waals surface area contributed by atoms with Gasteiger partial charge in [0.25, 0.3) is 0 Å². The standard InChI is InChI=1S/C44H62N2O18S3/c1-3-45(16-6-32-66(52,53)54)36-9-11-38-35(13-19-64-41(38)33-36)7-4-8-42-44(2,15-5-31-65(49,50)51)39-34-37(67(55,56)57)10-12-40(39)46(42)17-20-59-22-24-61-26-28-63-30-29-62-27-25-60-23-21-58-18-14-43(47)48/h4,7-13,19,33-34H,3,5-6,14-18,20-32H2,1-2H3,(H3-,47,48,49,50,51,52,53,54,55,56,57)/p-2. The van der Waals surface area contributed by atoms with Crippen LogP contribution >= 0.6 is 0 Å². The monoisotopic (exact) mass is 1000 g/mol. The molecule has 1 aromatic rings. The minimum Gasteiger partial charge on any atom is -0.748 e. The summed E-state index contributed by atoms with van der Waals surface area (Å²) in [6.07, 6.45) is 7.16. The van der Waals surface area contributed by atoms with Crippen molar-refractivity contribution >= 4 is 48.1 Å². The molecular formula is C44H60N2O18S3-2. The first-order valence-electron chi connectivity index (χ1n) is 21.7. The van der Waals surface area contributed by atoms with Crippen LogP contribution in [0.25, 0.3) is 17.4 Å². The zero-order valence-electron chi connectivity index (χ0n) is 37.7. The van der Waals surface area contributed by atoms with E-state index in [0.29, 0.717) is 88.7 Å². The van der Waals surface area contributed by atoms with E-state index >= 15 is 0 Å². The quantitative estimate of drug-likeness (QED) is 0.0521. The van der Waals surface area contributed by atoms with Crippen molar-refractivity contribution in [1.82, 2.24) is 4.58 Å². The minimum absolute atomic E-state index is 0.0463. The second kappa shape index (κ2) is 27.2. The molecule has 374 valence electrons. The Kier molecular flexibility index (Phi) is 22.5. The molecule has 1 aromatic carbocycles. The highest BCUT2D eigenvalue weighted by Crippen LogP contribution is 2.51. The van der Waals surface area contributed by atoms with Gasteiger partial charge in [-0.05, 0) is 74.2 Å². The van der Waals surface area contributed by atoms with Gasteiger partial charge >= 0.3 is 5.97 Å². The third-order valence-electron chi connectivity index (χ3n) is 10.7. The number of benzene rings is 2. The smallest absolute Gasteiger partial charge is 0.305 e. The maximum absolute atomic E-state index is 12.2. The molecule has 23 heteroatoms. The van der Waals surface area contributed by atoms with Crippen LogP contribution in [0.5, 0.6) is 0 Å². The van der Waals surface area contributed by atoms with Crippen LogP contribution in [-0.2, 0) is 69.0 Å². The summed E-state index contributed by atoms with van der Waals surface area (Å²) >= 11 is 0. The van der Waals surface area contributed by atoms with E-state index in [1.807, 2.05) is 46.8 Å². The number of hydrogen-bond acceptors (Lipinski definition) is 18. The molecular weight excluding hydrogens is 941 g/mol. The van der Waals surface area contributed by atoms with Gasteiger partial charge in [-0.1, -0.05) is 12.2 Å². The van der Waals surface area contributed by atoms with Crippen LogP contribution in [0, 0.1) is 0 Å². The first-order valence-corrected chi connectivity index (χ1v) is 26.3. The van der Waals surface area contributed by atoms with Gasteiger partial charge in [0, 0.05) is 52.9 Å². The number of carboxylic acid groups (broad SMARTS) is 1. The van der Waals surface area contributed by atoms with Crippen LogP contribution in [0.15, 0.2) is 75.9 Å². The molecule has 1 N–H and O–H groups in total. The van der Waals surface area contributed by atoms with Crippen molar-refractivity contribution in [2.45, 2.75) is 49.8 Å². The van der Waals surface area contributed by atoms with Crippen molar-refractivity contribution in [3.05, 3.63) is 83.1 Å². The number of rotatable bonds is 33. The maximum Gasteiger partial charge on any atom is 0.305 e. The van der Waals surface area contributed by atoms with Gasteiger partial charge in [0.15, 0.2) is 0 Å². The van der Waals surface area contributed by atoms with Crippen molar-refractivity contribution in [1.29, 1.82) is 0 Å². The summed E-state index contributed by atoms with van der Waals surface area (Å²) in [6.45, 7) is 8.48. The van der Waals surface area contributed by atoms with E-state index < -0.39 is 58.1 Å². The van der Waals surface area contributed by atoms with Gasteiger partial charge in [-0.3, -0.25) is 4.79 Å². The van der Waals surface area contributed by atoms with Crippen molar-refractivity contribution in [2.24, 2.45) is 0 Å². The van der Waals surface area contributed by atoms with E-state index in [1.54, 1.807) is 19.1 Å². The molecule has 0 aromatic heterocycles. The molecule has 1 aliphatic carbocycles. The van der Waals surface area contributed by atoms with Crippen molar-refractivity contribution in [3.63, 3.8) is 0 Å². The van der Waals surface area contributed by atoms with Gasteiger partial charge in [0.2, 0.25) is 5.36 Å². The third-order valence-corrected chi connectivity index (χ3v) is 13.1. The van der Waals surface area contributed by atoms with Crippen molar-refractivity contribution < 1.29 is 81.7 Å². The predicted molar refractivity (Wildman–Crippen MR) is 242 cm³/mol. The number of aliphatic carboxylic acids is 1. The lowest BCUT2D eigenvalue weighted by Crippen LogP contribution is -2.31. The summed E-state index contributed by atoms with van der Waals surface area (Å²) < 4.78 is 146. The van der Waals surface area contributed by atoms with E-state index in [-0.39, 0.29) is 58.7 Å².